The molecule has 5 N–H and O–H groups in total. The Morgan fingerprint density at radius 1 is 0.688 bits per heavy atom. The first-order chi connectivity index (χ1) is 23.1. The van der Waals surface area contributed by atoms with Crippen molar-refractivity contribution < 1.29 is 0 Å². The standard InChI is InChI=1S/C39H42N2.C6H7N/c1-8-11-18-38(32(7)15-14-26-40)33(10-3)23-20-29(4)30(5)21-24-34-27-36(25-22-31(34)6)35-16-13-17-37(28-35)39(41)19-12-9-2;7-6-4-2-1-3-5-6/h8-28,40H,4-5,7,41H2,1-3,6H3;1-5H,7H2/b11-8-,12-9-,15-14-,23-20-,24-21-,33-10+,38-18-,39-19-,40-26?;. The molecule has 0 aliphatic rings. The summed E-state index contributed by atoms with van der Waals surface area (Å²) in [7, 11) is 0. The molecule has 48 heavy (non-hydrogen) atoms. The van der Waals surface area contributed by atoms with Crippen LogP contribution in [-0.2, 0) is 0 Å². The zero-order chi connectivity index (χ0) is 35.3. The van der Waals surface area contributed by atoms with Crippen LogP contribution >= 0.6 is 0 Å². The summed E-state index contributed by atoms with van der Waals surface area (Å²) in [5.74, 6) is 0. The molecule has 3 heteroatoms. The van der Waals surface area contributed by atoms with Gasteiger partial charge in [-0.3, -0.25) is 0 Å². The van der Waals surface area contributed by atoms with Gasteiger partial charge in [-0.1, -0.05) is 135 Å². The Hall–Kier alpha value is -5.93. The summed E-state index contributed by atoms with van der Waals surface area (Å²) in [5.41, 5.74) is 23.1. The number of nitrogen functional groups attached to an aromatic ring is 1. The lowest BCUT2D eigenvalue weighted by Crippen LogP contribution is -1.96. The van der Waals surface area contributed by atoms with Crippen LogP contribution in [0.2, 0.25) is 0 Å². The summed E-state index contributed by atoms with van der Waals surface area (Å²) in [6.45, 7) is 20.7. The second kappa shape index (κ2) is 21.0. The van der Waals surface area contributed by atoms with Crippen molar-refractivity contribution in [1.29, 1.82) is 5.41 Å². The largest absolute Gasteiger partial charge is 0.399 e. The van der Waals surface area contributed by atoms with Crippen LogP contribution in [0.5, 0.6) is 0 Å². The smallest absolute Gasteiger partial charge is 0.0387 e. The highest BCUT2D eigenvalue weighted by Crippen LogP contribution is 2.27. The fourth-order valence-corrected chi connectivity index (χ4v) is 4.40. The topological polar surface area (TPSA) is 75.9 Å². The lowest BCUT2D eigenvalue weighted by Gasteiger charge is -2.10. The third-order valence-corrected chi connectivity index (χ3v) is 7.23. The van der Waals surface area contributed by atoms with Gasteiger partial charge in [-0.05, 0) is 120 Å². The Bertz CT molecular complexity index is 1820. The van der Waals surface area contributed by atoms with Crippen LogP contribution in [0.15, 0.2) is 193 Å². The lowest BCUT2D eigenvalue weighted by atomic mass is 9.95. The van der Waals surface area contributed by atoms with Crippen LogP contribution in [0.25, 0.3) is 22.9 Å². The molecular formula is C45H49N3. The molecule has 0 aliphatic heterocycles. The molecule has 0 saturated heterocycles. The van der Waals surface area contributed by atoms with Crippen LogP contribution in [0, 0.1) is 12.3 Å². The third kappa shape index (κ3) is 12.8. The van der Waals surface area contributed by atoms with E-state index in [0.717, 1.165) is 61.5 Å². The Morgan fingerprint density at radius 3 is 1.98 bits per heavy atom. The summed E-state index contributed by atoms with van der Waals surface area (Å²) in [6.07, 6.45) is 26.7. The maximum absolute atomic E-state index is 7.27. The van der Waals surface area contributed by atoms with E-state index < -0.39 is 0 Å². The first-order valence-electron chi connectivity index (χ1n) is 15.9. The molecule has 3 aromatic carbocycles. The number of para-hydroxylation sites is 1. The van der Waals surface area contributed by atoms with Crippen molar-refractivity contribution in [2.24, 2.45) is 5.73 Å². The maximum Gasteiger partial charge on any atom is 0.0387 e. The quantitative estimate of drug-likeness (QED) is 0.0997. The van der Waals surface area contributed by atoms with Gasteiger partial charge in [0.25, 0.3) is 0 Å². The van der Waals surface area contributed by atoms with Crippen molar-refractivity contribution in [3.63, 3.8) is 0 Å². The number of benzene rings is 3. The van der Waals surface area contributed by atoms with Crippen molar-refractivity contribution in [2.75, 3.05) is 5.73 Å². The van der Waals surface area contributed by atoms with Crippen molar-refractivity contribution in [3.05, 3.63) is 210 Å². The number of allylic oxidation sites excluding steroid dienone is 17. The number of rotatable bonds is 13. The molecule has 0 amide bonds. The first-order valence-corrected chi connectivity index (χ1v) is 15.9. The van der Waals surface area contributed by atoms with E-state index in [2.05, 4.69) is 63.1 Å². The van der Waals surface area contributed by atoms with Crippen LogP contribution in [0.1, 0.15) is 37.5 Å². The number of nitrogens with two attached hydrogens (primary N) is 2. The number of nitrogens with one attached hydrogen (secondary N) is 1. The zero-order valence-electron chi connectivity index (χ0n) is 28.8. The van der Waals surface area contributed by atoms with Gasteiger partial charge in [-0.25, -0.2) is 0 Å². The lowest BCUT2D eigenvalue weighted by molar-refractivity contribution is 1.43. The minimum absolute atomic E-state index is 0.734. The Morgan fingerprint density at radius 2 is 1.35 bits per heavy atom. The molecule has 0 atom stereocenters. The normalized spacial score (nSPS) is 12.6. The Labute approximate surface area is 288 Å². The fraction of sp³-hybridized carbons (Fsp3) is 0.0889. The van der Waals surface area contributed by atoms with Crippen molar-refractivity contribution in [2.45, 2.75) is 27.7 Å². The van der Waals surface area contributed by atoms with Gasteiger partial charge in [0.1, 0.15) is 0 Å². The monoisotopic (exact) mass is 631 g/mol. The molecule has 3 rings (SSSR count). The third-order valence-electron chi connectivity index (χ3n) is 7.23. The van der Waals surface area contributed by atoms with E-state index in [1.807, 2.05) is 130 Å². The SMILES string of the molecule is C=C(\C=C/C(=C\C)C(=C\C=C/C)/C(=C)/C=C\C=N)C(=C)/C=C\c1cc(-c2cccc(/C(N)=C/C=C\C)c2)ccc1C.Nc1ccccc1. The van der Waals surface area contributed by atoms with Gasteiger partial charge in [0, 0.05) is 17.6 Å². The average molecular weight is 632 g/mol. The maximum atomic E-state index is 7.27. The van der Waals surface area contributed by atoms with Crippen molar-refractivity contribution in [3.8, 4) is 11.1 Å². The minimum atomic E-state index is 0.734. The first kappa shape index (κ1) is 38.3. The van der Waals surface area contributed by atoms with Gasteiger partial charge >= 0.3 is 0 Å². The molecule has 0 bridgehead atoms. The molecule has 0 unspecified atom stereocenters. The van der Waals surface area contributed by atoms with E-state index in [0.29, 0.717) is 0 Å². The van der Waals surface area contributed by atoms with E-state index in [-0.39, 0.29) is 0 Å². The van der Waals surface area contributed by atoms with Crippen LogP contribution in [-0.4, -0.2) is 6.21 Å². The second-order valence-corrected chi connectivity index (χ2v) is 10.8. The molecule has 0 spiro atoms. The van der Waals surface area contributed by atoms with E-state index in [9.17, 15) is 0 Å². The van der Waals surface area contributed by atoms with Crippen LogP contribution in [0.3, 0.4) is 0 Å². The van der Waals surface area contributed by atoms with Crippen LogP contribution in [0.4, 0.5) is 5.69 Å². The summed E-state index contributed by atoms with van der Waals surface area (Å²) >= 11 is 0. The van der Waals surface area contributed by atoms with Crippen molar-refractivity contribution in [1.82, 2.24) is 0 Å². The molecule has 0 radical (unpaired) electrons. The Kier molecular flexibility index (Phi) is 16.7. The molecule has 3 aromatic rings. The molecule has 0 fully saturated rings. The number of anilines is 1. The van der Waals surface area contributed by atoms with Gasteiger partial charge in [-0.15, -0.1) is 0 Å². The number of aryl methyl sites for hydroxylation is 1. The van der Waals surface area contributed by atoms with E-state index in [1.54, 1.807) is 6.08 Å². The van der Waals surface area contributed by atoms with E-state index in [4.69, 9.17) is 16.9 Å². The molecule has 0 aromatic heterocycles. The van der Waals surface area contributed by atoms with E-state index >= 15 is 0 Å². The average Bonchev–Trinajstić information content (AvgIpc) is 3.10. The van der Waals surface area contributed by atoms with Gasteiger partial charge in [0.2, 0.25) is 0 Å². The van der Waals surface area contributed by atoms with Gasteiger partial charge in [-0.2, -0.15) is 0 Å². The molecule has 0 saturated carbocycles. The van der Waals surface area contributed by atoms with Gasteiger partial charge < -0.3 is 16.9 Å². The van der Waals surface area contributed by atoms with Crippen LogP contribution < -0.4 is 11.5 Å². The molecule has 0 aliphatic carbocycles. The zero-order valence-corrected chi connectivity index (χ0v) is 28.8. The molecular weight excluding hydrogens is 583 g/mol. The fourth-order valence-electron chi connectivity index (χ4n) is 4.40. The highest BCUT2D eigenvalue weighted by molar-refractivity contribution is 5.75. The molecule has 0 heterocycles. The minimum Gasteiger partial charge on any atom is -0.399 e. The van der Waals surface area contributed by atoms with Gasteiger partial charge in [0.15, 0.2) is 0 Å². The molecule has 3 nitrogen and oxygen atoms in total. The predicted octanol–water partition coefficient (Wildman–Crippen LogP) is 11.7. The second-order valence-electron chi connectivity index (χ2n) is 10.8. The van der Waals surface area contributed by atoms with Gasteiger partial charge in [0.05, 0.1) is 0 Å². The number of hydrogen-bond donors (Lipinski definition) is 3. The summed E-state index contributed by atoms with van der Waals surface area (Å²) < 4.78 is 0. The van der Waals surface area contributed by atoms with Crippen molar-refractivity contribution >= 4 is 23.7 Å². The number of hydrogen-bond acceptors (Lipinski definition) is 3. The van der Waals surface area contributed by atoms with E-state index in [1.165, 1.54) is 11.8 Å². The summed E-state index contributed by atoms with van der Waals surface area (Å²) in [6, 6.07) is 24.2. The molecule has 244 valence electrons. The predicted molar refractivity (Wildman–Crippen MR) is 215 cm³/mol. The highest BCUT2D eigenvalue weighted by Gasteiger charge is 2.06. The summed E-state index contributed by atoms with van der Waals surface area (Å²) in [4.78, 5) is 0. The Balaban J connectivity index is 0.00000101. The summed E-state index contributed by atoms with van der Waals surface area (Å²) in [5, 5.41) is 7.27. The highest BCUT2D eigenvalue weighted by atomic mass is 14.6.